The average Bonchev–Trinajstić information content (AvgIpc) is 2.09. The molecule has 0 unspecified atom stereocenters. The van der Waals surface area contributed by atoms with Crippen molar-refractivity contribution in [1.82, 2.24) is 0 Å². The maximum atomic E-state index is 5.98. The van der Waals surface area contributed by atoms with Crippen LogP contribution >= 0.6 is 23.4 Å². The van der Waals surface area contributed by atoms with E-state index in [4.69, 9.17) is 11.6 Å². The number of halogens is 1. The Labute approximate surface area is 83.3 Å². The molecule has 0 aromatic heterocycles. The number of unbranched alkanes of at least 4 members (excludes halogenated alkanes) is 1. The van der Waals surface area contributed by atoms with Crippen LogP contribution in [-0.2, 0) is 0 Å². The first kappa shape index (κ1) is 9.94. The largest absolute Gasteiger partial charge is 0.125 e. The molecule has 2 heteroatoms. The predicted octanol–water partition coefficient (Wildman–Crippen LogP) is 4.23. The van der Waals surface area contributed by atoms with Gasteiger partial charge in [-0.3, -0.25) is 0 Å². The van der Waals surface area contributed by atoms with Crippen LogP contribution in [0.5, 0.6) is 0 Å². The van der Waals surface area contributed by atoms with E-state index in [9.17, 15) is 0 Å². The Hall–Kier alpha value is -0.140. The molecule has 0 radical (unpaired) electrons. The maximum Gasteiger partial charge on any atom is 0.0541 e. The zero-order chi connectivity index (χ0) is 8.81. The fraction of sp³-hybridized carbons (Fsp3) is 0.400. The van der Waals surface area contributed by atoms with Gasteiger partial charge in [0.25, 0.3) is 0 Å². The van der Waals surface area contributed by atoms with Crippen molar-refractivity contribution in [3.8, 4) is 0 Å². The second-order valence-electron chi connectivity index (χ2n) is 2.63. The minimum absolute atomic E-state index is 0.874. The third-order valence-corrected chi connectivity index (χ3v) is 3.19. The molecule has 0 bridgehead atoms. The summed E-state index contributed by atoms with van der Waals surface area (Å²) in [5.74, 6) is 1.17. The van der Waals surface area contributed by atoms with Gasteiger partial charge in [-0.25, -0.2) is 0 Å². The van der Waals surface area contributed by atoms with Crippen molar-refractivity contribution in [3.63, 3.8) is 0 Å². The summed E-state index contributed by atoms with van der Waals surface area (Å²) < 4.78 is 0. The van der Waals surface area contributed by atoms with Crippen LogP contribution in [0.15, 0.2) is 29.2 Å². The van der Waals surface area contributed by atoms with Crippen LogP contribution in [0, 0.1) is 0 Å². The van der Waals surface area contributed by atoms with Gasteiger partial charge in [0, 0.05) is 4.90 Å². The zero-order valence-electron chi connectivity index (χ0n) is 7.22. The number of thioether (sulfide) groups is 1. The maximum absolute atomic E-state index is 5.98. The van der Waals surface area contributed by atoms with E-state index in [2.05, 4.69) is 13.0 Å². The summed E-state index contributed by atoms with van der Waals surface area (Å²) in [4.78, 5) is 1.20. The molecule has 0 aliphatic rings. The van der Waals surface area contributed by atoms with Gasteiger partial charge in [0.05, 0.1) is 5.02 Å². The Morgan fingerprint density at radius 2 is 2.08 bits per heavy atom. The van der Waals surface area contributed by atoms with Crippen molar-refractivity contribution in [2.45, 2.75) is 24.7 Å². The molecule has 0 saturated heterocycles. The molecule has 0 fully saturated rings. The van der Waals surface area contributed by atoms with Crippen molar-refractivity contribution >= 4 is 23.4 Å². The first-order valence-corrected chi connectivity index (χ1v) is 5.58. The third-order valence-electron chi connectivity index (χ3n) is 1.59. The lowest BCUT2D eigenvalue weighted by Crippen LogP contribution is -1.78. The molecule has 0 N–H and O–H groups in total. The molecular formula is C10H13ClS. The standard InChI is InChI=1S/C10H13ClS/c1-2-3-8-12-10-7-5-4-6-9(10)11/h4-7H,2-3,8H2,1H3. The predicted molar refractivity (Wildman–Crippen MR) is 57.1 cm³/mol. The molecule has 12 heavy (non-hydrogen) atoms. The summed E-state index contributed by atoms with van der Waals surface area (Å²) in [6.07, 6.45) is 2.51. The topological polar surface area (TPSA) is 0 Å². The van der Waals surface area contributed by atoms with Gasteiger partial charge >= 0.3 is 0 Å². The lowest BCUT2D eigenvalue weighted by molar-refractivity contribution is 0.896. The van der Waals surface area contributed by atoms with Gasteiger partial charge in [-0.2, -0.15) is 0 Å². The fourth-order valence-electron chi connectivity index (χ4n) is 0.888. The molecule has 0 aliphatic heterocycles. The average molecular weight is 201 g/mol. The number of benzene rings is 1. The summed E-state index contributed by atoms with van der Waals surface area (Å²) in [6.45, 7) is 2.20. The van der Waals surface area contributed by atoms with Crippen molar-refractivity contribution in [3.05, 3.63) is 29.3 Å². The van der Waals surface area contributed by atoms with E-state index in [-0.39, 0.29) is 0 Å². The normalized spacial score (nSPS) is 10.2. The van der Waals surface area contributed by atoms with Gasteiger partial charge in [0.1, 0.15) is 0 Å². The number of hydrogen-bond donors (Lipinski definition) is 0. The third kappa shape index (κ3) is 3.08. The van der Waals surface area contributed by atoms with Gasteiger partial charge in [0.15, 0.2) is 0 Å². The molecule has 66 valence electrons. The monoisotopic (exact) mass is 200 g/mol. The van der Waals surface area contributed by atoms with Crippen molar-refractivity contribution < 1.29 is 0 Å². The minimum atomic E-state index is 0.874. The van der Waals surface area contributed by atoms with Crippen LogP contribution in [-0.4, -0.2) is 5.75 Å². The van der Waals surface area contributed by atoms with Gasteiger partial charge in [-0.1, -0.05) is 37.1 Å². The van der Waals surface area contributed by atoms with E-state index in [0.717, 1.165) is 5.02 Å². The summed E-state index contributed by atoms with van der Waals surface area (Å²) in [5.41, 5.74) is 0. The lowest BCUT2D eigenvalue weighted by atomic mass is 10.4. The molecule has 0 nitrogen and oxygen atoms in total. The van der Waals surface area contributed by atoms with Crippen LogP contribution in [0.1, 0.15) is 19.8 Å². The molecule has 1 rings (SSSR count). The molecule has 1 aromatic carbocycles. The Morgan fingerprint density at radius 1 is 1.33 bits per heavy atom. The number of rotatable bonds is 4. The second kappa shape index (κ2) is 5.50. The van der Waals surface area contributed by atoms with Crippen molar-refractivity contribution in [1.29, 1.82) is 0 Å². The van der Waals surface area contributed by atoms with Gasteiger partial charge in [-0.15, -0.1) is 11.8 Å². The van der Waals surface area contributed by atoms with Crippen LogP contribution in [0.2, 0.25) is 5.02 Å². The summed E-state index contributed by atoms with van der Waals surface area (Å²) >= 11 is 7.82. The van der Waals surface area contributed by atoms with E-state index < -0.39 is 0 Å². The minimum Gasteiger partial charge on any atom is -0.125 e. The summed E-state index contributed by atoms with van der Waals surface area (Å²) in [5, 5.41) is 0.874. The SMILES string of the molecule is CCCCSc1ccccc1Cl. The molecule has 0 aliphatic carbocycles. The number of hydrogen-bond acceptors (Lipinski definition) is 1. The molecular weight excluding hydrogens is 188 g/mol. The van der Waals surface area contributed by atoms with E-state index >= 15 is 0 Å². The highest BCUT2D eigenvalue weighted by atomic mass is 35.5. The van der Waals surface area contributed by atoms with E-state index in [1.807, 2.05) is 30.0 Å². The zero-order valence-corrected chi connectivity index (χ0v) is 8.79. The van der Waals surface area contributed by atoms with Gasteiger partial charge in [0.2, 0.25) is 0 Å². The Balaban J connectivity index is 2.46. The van der Waals surface area contributed by atoms with Crippen molar-refractivity contribution in [2.24, 2.45) is 0 Å². The van der Waals surface area contributed by atoms with Gasteiger partial charge in [-0.05, 0) is 24.3 Å². The van der Waals surface area contributed by atoms with E-state index in [1.54, 1.807) is 0 Å². The highest BCUT2D eigenvalue weighted by Gasteiger charge is 1.97. The lowest BCUT2D eigenvalue weighted by Gasteiger charge is -2.01. The molecule has 0 heterocycles. The highest BCUT2D eigenvalue weighted by Crippen LogP contribution is 2.26. The summed E-state index contributed by atoms with van der Waals surface area (Å²) in [6, 6.07) is 8.00. The first-order chi connectivity index (χ1) is 5.84. The molecule has 0 amide bonds. The van der Waals surface area contributed by atoms with Crippen LogP contribution in [0.25, 0.3) is 0 Å². The highest BCUT2D eigenvalue weighted by molar-refractivity contribution is 7.99. The Kier molecular flexibility index (Phi) is 4.55. The van der Waals surface area contributed by atoms with Gasteiger partial charge < -0.3 is 0 Å². The Bertz CT molecular complexity index is 235. The van der Waals surface area contributed by atoms with Crippen LogP contribution in [0.4, 0.5) is 0 Å². The van der Waals surface area contributed by atoms with Crippen molar-refractivity contribution in [2.75, 3.05) is 5.75 Å². The molecule has 0 saturated carbocycles. The molecule has 1 aromatic rings. The first-order valence-electron chi connectivity index (χ1n) is 4.22. The quantitative estimate of drug-likeness (QED) is 0.518. The Morgan fingerprint density at radius 3 is 2.75 bits per heavy atom. The fourth-order valence-corrected chi connectivity index (χ4v) is 2.22. The van der Waals surface area contributed by atoms with Crippen LogP contribution in [0.3, 0.4) is 0 Å². The van der Waals surface area contributed by atoms with E-state index in [0.29, 0.717) is 0 Å². The van der Waals surface area contributed by atoms with E-state index in [1.165, 1.54) is 23.5 Å². The molecule has 0 atom stereocenters. The second-order valence-corrected chi connectivity index (χ2v) is 4.18. The smallest absolute Gasteiger partial charge is 0.0541 e. The summed E-state index contributed by atoms with van der Waals surface area (Å²) in [7, 11) is 0. The molecule has 0 spiro atoms. The van der Waals surface area contributed by atoms with Crippen LogP contribution < -0.4 is 0 Å².